The number of amides is 1. The number of benzene rings is 1. The van der Waals surface area contributed by atoms with Gasteiger partial charge in [0.2, 0.25) is 5.91 Å². The lowest BCUT2D eigenvalue weighted by atomic mass is 10.1. The van der Waals surface area contributed by atoms with Crippen LogP contribution in [0.25, 0.3) is 0 Å². The fraction of sp³-hybridized carbons (Fsp3) is 0.462. The summed E-state index contributed by atoms with van der Waals surface area (Å²) in [4.78, 5) is 11.6. The van der Waals surface area contributed by atoms with Gasteiger partial charge in [0.15, 0.2) is 0 Å². The molecule has 1 aromatic carbocycles. The normalized spacial score (nSPS) is 12.2. The Morgan fingerprint density at radius 1 is 1.47 bits per heavy atom. The van der Waals surface area contributed by atoms with Crippen LogP contribution < -0.4 is 5.32 Å². The Hall–Kier alpha value is -1.09. The molecule has 0 saturated carbocycles. The first kappa shape index (κ1) is 14.0. The zero-order valence-corrected chi connectivity index (χ0v) is 10.9. The zero-order valence-electron chi connectivity index (χ0n) is 10.1. The molecule has 1 aromatic rings. The van der Waals surface area contributed by atoms with Crippen molar-refractivity contribution in [2.45, 2.75) is 33.2 Å². The van der Waals surface area contributed by atoms with E-state index in [2.05, 4.69) is 5.32 Å². The van der Waals surface area contributed by atoms with Crippen LogP contribution in [0.5, 0.6) is 0 Å². The van der Waals surface area contributed by atoms with Gasteiger partial charge in [0.1, 0.15) is 5.82 Å². The number of carbonyl (C=O) groups excluding carboxylic acids is 1. The predicted molar refractivity (Wildman–Crippen MR) is 67.3 cm³/mol. The van der Waals surface area contributed by atoms with E-state index < -0.39 is 0 Å². The second kappa shape index (κ2) is 6.60. The van der Waals surface area contributed by atoms with Crippen molar-refractivity contribution in [3.05, 3.63) is 34.6 Å². The molecule has 1 N–H and O–H groups in total. The standard InChI is InChI=1S/C13H17ClFNO/c1-3-4-9(2)13(17)16-8-10-5-11(14)7-12(15)6-10/h5-7,9H,3-4,8H2,1-2H3,(H,16,17). The minimum atomic E-state index is -0.386. The average molecular weight is 258 g/mol. The molecule has 0 saturated heterocycles. The Kier molecular flexibility index (Phi) is 5.42. The molecule has 1 rings (SSSR count). The van der Waals surface area contributed by atoms with Crippen LogP contribution in [-0.2, 0) is 11.3 Å². The first-order valence-electron chi connectivity index (χ1n) is 5.75. The van der Waals surface area contributed by atoms with Crippen molar-refractivity contribution in [1.29, 1.82) is 0 Å². The first-order valence-corrected chi connectivity index (χ1v) is 6.13. The molecule has 0 aliphatic carbocycles. The molecule has 0 bridgehead atoms. The molecule has 1 amide bonds. The molecule has 2 nitrogen and oxygen atoms in total. The van der Waals surface area contributed by atoms with E-state index in [9.17, 15) is 9.18 Å². The lowest BCUT2D eigenvalue weighted by molar-refractivity contribution is -0.124. The number of rotatable bonds is 5. The van der Waals surface area contributed by atoms with Gasteiger partial charge in [0.25, 0.3) is 0 Å². The second-order valence-electron chi connectivity index (χ2n) is 4.19. The fourth-order valence-corrected chi connectivity index (χ4v) is 1.88. The van der Waals surface area contributed by atoms with Crippen molar-refractivity contribution in [2.75, 3.05) is 0 Å². The van der Waals surface area contributed by atoms with Crippen molar-refractivity contribution in [1.82, 2.24) is 5.32 Å². The summed E-state index contributed by atoms with van der Waals surface area (Å²) >= 11 is 5.73. The summed E-state index contributed by atoms with van der Waals surface area (Å²) in [5.41, 5.74) is 0.673. The van der Waals surface area contributed by atoms with Crippen LogP contribution in [-0.4, -0.2) is 5.91 Å². The van der Waals surface area contributed by atoms with E-state index in [4.69, 9.17) is 11.6 Å². The Bertz CT molecular complexity index is 375. The topological polar surface area (TPSA) is 29.1 Å². The van der Waals surface area contributed by atoms with Gasteiger partial charge < -0.3 is 5.32 Å². The van der Waals surface area contributed by atoms with E-state index >= 15 is 0 Å². The molecule has 94 valence electrons. The summed E-state index contributed by atoms with van der Waals surface area (Å²) < 4.78 is 13.0. The van der Waals surface area contributed by atoms with Crippen LogP contribution >= 0.6 is 11.6 Å². The Labute approximate surface area is 106 Å². The van der Waals surface area contributed by atoms with Crippen molar-refractivity contribution < 1.29 is 9.18 Å². The van der Waals surface area contributed by atoms with Gasteiger partial charge in [-0.1, -0.05) is 31.9 Å². The van der Waals surface area contributed by atoms with E-state index in [0.717, 1.165) is 12.8 Å². The molecule has 1 atom stereocenters. The third kappa shape index (κ3) is 4.73. The Balaban J connectivity index is 2.52. The SMILES string of the molecule is CCCC(C)C(=O)NCc1cc(F)cc(Cl)c1. The predicted octanol–water partition coefficient (Wildman–Crippen LogP) is 3.53. The van der Waals surface area contributed by atoms with Crippen LogP contribution in [0.3, 0.4) is 0 Å². The molecule has 0 aliphatic rings. The van der Waals surface area contributed by atoms with Crippen LogP contribution in [0.1, 0.15) is 32.3 Å². The molecule has 4 heteroatoms. The minimum Gasteiger partial charge on any atom is -0.352 e. The van der Waals surface area contributed by atoms with E-state index in [0.29, 0.717) is 17.1 Å². The quantitative estimate of drug-likeness (QED) is 0.859. The molecular formula is C13H17ClFNO. The van der Waals surface area contributed by atoms with Crippen molar-refractivity contribution in [2.24, 2.45) is 5.92 Å². The van der Waals surface area contributed by atoms with Crippen molar-refractivity contribution >= 4 is 17.5 Å². The van der Waals surface area contributed by atoms with Crippen LogP contribution in [0.15, 0.2) is 18.2 Å². The highest BCUT2D eigenvalue weighted by Crippen LogP contribution is 2.14. The maximum Gasteiger partial charge on any atom is 0.223 e. The van der Waals surface area contributed by atoms with Gasteiger partial charge in [-0.05, 0) is 30.2 Å². The van der Waals surface area contributed by atoms with Crippen molar-refractivity contribution in [3.63, 3.8) is 0 Å². The maximum atomic E-state index is 13.0. The maximum absolute atomic E-state index is 13.0. The number of nitrogens with one attached hydrogen (secondary N) is 1. The molecule has 0 spiro atoms. The largest absolute Gasteiger partial charge is 0.352 e. The molecule has 0 fully saturated rings. The summed E-state index contributed by atoms with van der Waals surface area (Å²) in [6.45, 7) is 4.23. The first-order chi connectivity index (χ1) is 8.02. The zero-order chi connectivity index (χ0) is 12.8. The molecule has 1 unspecified atom stereocenters. The molecule has 0 aromatic heterocycles. The fourth-order valence-electron chi connectivity index (χ4n) is 1.64. The van der Waals surface area contributed by atoms with E-state index in [1.807, 2.05) is 13.8 Å². The van der Waals surface area contributed by atoms with Gasteiger partial charge in [0, 0.05) is 17.5 Å². The summed E-state index contributed by atoms with van der Waals surface area (Å²) in [5, 5.41) is 3.12. The van der Waals surface area contributed by atoms with Gasteiger partial charge in [-0.25, -0.2) is 4.39 Å². The van der Waals surface area contributed by atoms with E-state index in [1.165, 1.54) is 12.1 Å². The summed E-state index contributed by atoms with van der Waals surface area (Å²) in [6.07, 6.45) is 1.83. The lowest BCUT2D eigenvalue weighted by Crippen LogP contribution is -2.28. The summed E-state index contributed by atoms with van der Waals surface area (Å²) in [5.74, 6) is -0.403. The van der Waals surface area contributed by atoms with Gasteiger partial charge in [-0.2, -0.15) is 0 Å². The van der Waals surface area contributed by atoms with Gasteiger partial charge in [0.05, 0.1) is 0 Å². The molecule has 0 aliphatic heterocycles. The summed E-state index contributed by atoms with van der Waals surface area (Å²) in [7, 11) is 0. The molecular weight excluding hydrogens is 241 g/mol. The summed E-state index contributed by atoms with van der Waals surface area (Å²) in [6, 6.07) is 4.26. The Morgan fingerprint density at radius 3 is 2.76 bits per heavy atom. The number of halogens is 2. The van der Waals surface area contributed by atoms with Gasteiger partial charge in [-0.15, -0.1) is 0 Å². The number of carbonyl (C=O) groups is 1. The number of hydrogen-bond acceptors (Lipinski definition) is 1. The third-order valence-electron chi connectivity index (χ3n) is 2.56. The lowest BCUT2D eigenvalue weighted by Gasteiger charge is -2.11. The highest BCUT2D eigenvalue weighted by Gasteiger charge is 2.11. The molecule has 0 radical (unpaired) electrons. The van der Waals surface area contributed by atoms with Gasteiger partial charge >= 0.3 is 0 Å². The average Bonchev–Trinajstić information content (AvgIpc) is 2.25. The van der Waals surface area contributed by atoms with Crippen LogP contribution in [0, 0.1) is 11.7 Å². The third-order valence-corrected chi connectivity index (χ3v) is 2.78. The van der Waals surface area contributed by atoms with Crippen LogP contribution in [0.2, 0.25) is 5.02 Å². The Morgan fingerprint density at radius 2 is 2.18 bits per heavy atom. The minimum absolute atomic E-state index is 0.00719. The number of hydrogen-bond donors (Lipinski definition) is 1. The van der Waals surface area contributed by atoms with E-state index in [1.54, 1.807) is 6.07 Å². The van der Waals surface area contributed by atoms with Gasteiger partial charge in [-0.3, -0.25) is 4.79 Å². The van der Waals surface area contributed by atoms with Crippen LogP contribution in [0.4, 0.5) is 4.39 Å². The smallest absolute Gasteiger partial charge is 0.223 e. The molecule has 0 heterocycles. The van der Waals surface area contributed by atoms with Crippen molar-refractivity contribution in [3.8, 4) is 0 Å². The molecule has 17 heavy (non-hydrogen) atoms. The highest BCUT2D eigenvalue weighted by atomic mass is 35.5. The highest BCUT2D eigenvalue weighted by molar-refractivity contribution is 6.30. The monoisotopic (exact) mass is 257 g/mol. The van der Waals surface area contributed by atoms with E-state index in [-0.39, 0.29) is 17.6 Å². The second-order valence-corrected chi connectivity index (χ2v) is 4.62.